The van der Waals surface area contributed by atoms with Gasteiger partial charge < -0.3 is 29.2 Å². The molecule has 46 heavy (non-hydrogen) atoms. The Kier molecular flexibility index (Phi) is 13.1. The fraction of sp³-hybridized carbons (Fsp3) is 0.412. The molecule has 12 heteroatoms. The maximum absolute atomic E-state index is 14.3. The van der Waals surface area contributed by atoms with E-state index in [9.17, 15) is 18.0 Å². The van der Waals surface area contributed by atoms with Crippen molar-refractivity contribution in [3.63, 3.8) is 0 Å². The van der Waals surface area contributed by atoms with E-state index in [0.717, 1.165) is 9.87 Å². The lowest BCUT2D eigenvalue weighted by atomic mass is 10.1. The Morgan fingerprint density at radius 2 is 1.46 bits per heavy atom. The number of nitrogens with one attached hydrogen (secondary N) is 1. The van der Waals surface area contributed by atoms with Crippen LogP contribution >= 0.6 is 0 Å². The zero-order valence-electron chi connectivity index (χ0n) is 27.6. The number of carbonyl (C=O) groups excluding carboxylic acids is 2. The van der Waals surface area contributed by atoms with Gasteiger partial charge in [-0.1, -0.05) is 32.9 Å². The molecule has 0 unspecified atom stereocenters. The van der Waals surface area contributed by atoms with Crippen LogP contribution in [0.2, 0.25) is 0 Å². The lowest BCUT2D eigenvalue weighted by Gasteiger charge is -2.33. The predicted octanol–water partition coefficient (Wildman–Crippen LogP) is 4.89. The molecule has 1 N–H and O–H groups in total. The van der Waals surface area contributed by atoms with Gasteiger partial charge in [0, 0.05) is 19.2 Å². The largest absolute Gasteiger partial charge is 0.497 e. The standard InChI is InChI=1S/C34H45N3O8S/c1-8-30(34(39)35-21-24(3)4)36(22-25-10-14-27(42-5)15-11-25)33(38)23-37(26-12-16-28(17-13-26)45-9-2)46(40,41)29-18-19-31(43-6)32(20-29)44-7/h10-20,24,30H,8-9,21-23H2,1-7H3,(H,35,39)/t30-/m1/s1. The summed E-state index contributed by atoms with van der Waals surface area (Å²) in [4.78, 5) is 29.1. The van der Waals surface area contributed by atoms with Crippen LogP contribution in [0.15, 0.2) is 71.6 Å². The number of amides is 2. The number of ether oxygens (including phenoxy) is 4. The van der Waals surface area contributed by atoms with Gasteiger partial charge in [0.2, 0.25) is 11.8 Å². The van der Waals surface area contributed by atoms with Crippen molar-refractivity contribution < 1.29 is 37.0 Å². The quantitative estimate of drug-likeness (QED) is 0.218. The van der Waals surface area contributed by atoms with Gasteiger partial charge in [0.05, 0.1) is 38.5 Å². The molecule has 0 saturated heterocycles. The zero-order valence-corrected chi connectivity index (χ0v) is 28.4. The zero-order chi connectivity index (χ0) is 33.9. The summed E-state index contributed by atoms with van der Waals surface area (Å²) in [5.74, 6) is 1.10. The number of nitrogens with zero attached hydrogens (tertiary/aromatic N) is 2. The number of sulfonamides is 1. The molecule has 0 spiro atoms. The van der Waals surface area contributed by atoms with Gasteiger partial charge in [-0.05, 0) is 73.4 Å². The molecule has 2 amide bonds. The Morgan fingerprint density at radius 1 is 0.826 bits per heavy atom. The highest BCUT2D eigenvalue weighted by atomic mass is 32.2. The molecular weight excluding hydrogens is 610 g/mol. The topological polar surface area (TPSA) is 124 Å². The first-order valence-electron chi connectivity index (χ1n) is 15.2. The second-order valence-electron chi connectivity index (χ2n) is 10.9. The smallest absolute Gasteiger partial charge is 0.264 e. The summed E-state index contributed by atoms with van der Waals surface area (Å²) in [7, 11) is 0.0970. The number of carbonyl (C=O) groups is 2. The normalized spacial score (nSPS) is 11.8. The average molecular weight is 656 g/mol. The fourth-order valence-corrected chi connectivity index (χ4v) is 6.21. The minimum Gasteiger partial charge on any atom is -0.497 e. The molecule has 0 aliphatic rings. The molecule has 0 radical (unpaired) electrons. The van der Waals surface area contributed by atoms with E-state index in [0.29, 0.717) is 36.8 Å². The maximum atomic E-state index is 14.3. The highest BCUT2D eigenvalue weighted by Crippen LogP contribution is 2.33. The van der Waals surface area contributed by atoms with Crippen LogP contribution in [0.4, 0.5) is 5.69 Å². The second kappa shape index (κ2) is 16.7. The van der Waals surface area contributed by atoms with E-state index in [1.165, 1.54) is 37.3 Å². The lowest BCUT2D eigenvalue weighted by molar-refractivity contribution is -0.140. The fourth-order valence-electron chi connectivity index (χ4n) is 4.78. The van der Waals surface area contributed by atoms with Gasteiger partial charge in [-0.15, -0.1) is 0 Å². The average Bonchev–Trinajstić information content (AvgIpc) is 3.06. The SMILES string of the molecule is CCOc1ccc(N(CC(=O)N(Cc2ccc(OC)cc2)[C@H](CC)C(=O)NCC(C)C)S(=O)(=O)c2ccc(OC)c(OC)c2)cc1. The van der Waals surface area contributed by atoms with Crippen molar-refractivity contribution in [1.82, 2.24) is 10.2 Å². The van der Waals surface area contributed by atoms with Gasteiger partial charge in [-0.2, -0.15) is 0 Å². The third-order valence-electron chi connectivity index (χ3n) is 7.24. The summed E-state index contributed by atoms with van der Waals surface area (Å²) >= 11 is 0. The van der Waals surface area contributed by atoms with Crippen LogP contribution in [0.3, 0.4) is 0 Å². The minimum atomic E-state index is -4.33. The number of hydrogen-bond acceptors (Lipinski definition) is 8. The van der Waals surface area contributed by atoms with Crippen molar-refractivity contribution in [1.29, 1.82) is 0 Å². The third-order valence-corrected chi connectivity index (χ3v) is 9.01. The summed E-state index contributed by atoms with van der Waals surface area (Å²) in [6.45, 7) is 8.00. The van der Waals surface area contributed by atoms with E-state index in [1.807, 2.05) is 39.8 Å². The van der Waals surface area contributed by atoms with Gasteiger partial charge in [0.15, 0.2) is 11.5 Å². The first-order valence-corrected chi connectivity index (χ1v) is 16.6. The van der Waals surface area contributed by atoms with E-state index in [2.05, 4.69) is 5.32 Å². The van der Waals surface area contributed by atoms with E-state index in [4.69, 9.17) is 18.9 Å². The van der Waals surface area contributed by atoms with E-state index in [1.54, 1.807) is 43.5 Å². The van der Waals surface area contributed by atoms with Crippen LogP contribution in [0.25, 0.3) is 0 Å². The van der Waals surface area contributed by atoms with Crippen LogP contribution in [0.5, 0.6) is 23.0 Å². The molecule has 0 heterocycles. The van der Waals surface area contributed by atoms with Gasteiger partial charge >= 0.3 is 0 Å². The summed E-state index contributed by atoms with van der Waals surface area (Å²) in [5.41, 5.74) is 0.993. The molecule has 0 saturated carbocycles. The molecule has 0 fully saturated rings. The van der Waals surface area contributed by atoms with Crippen molar-refractivity contribution in [3.05, 3.63) is 72.3 Å². The molecule has 3 rings (SSSR count). The summed E-state index contributed by atoms with van der Waals surface area (Å²) in [5, 5.41) is 2.93. The monoisotopic (exact) mass is 655 g/mol. The third kappa shape index (κ3) is 9.06. The van der Waals surface area contributed by atoms with E-state index < -0.39 is 28.5 Å². The van der Waals surface area contributed by atoms with Crippen molar-refractivity contribution >= 4 is 27.5 Å². The van der Waals surface area contributed by atoms with Gasteiger partial charge in [-0.3, -0.25) is 13.9 Å². The van der Waals surface area contributed by atoms with Crippen LogP contribution in [0.1, 0.15) is 39.7 Å². The van der Waals surface area contributed by atoms with E-state index in [-0.39, 0.29) is 34.7 Å². The molecule has 0 bridgehead atoms. The predicted molar refractivity (Wildman–Crippen MR) is 177 cm³/mol. The van der Waals surface area contributed by atoms with Crippen LogP contribution in [0, 0.1) is 5.92 Å². The summed E-state index contributed by atoms with van der Waals surface area (Å²) in [6.07, 6.45) is 0.317. The van der Waals surface area contributed by atoms with Crippen molar-refractivity contribution in [3.8, 4) is 23.0 Å². The minimum absolute atomic E-state index is 0.0734. The molecule has 3 aromatic carbocycles. The van der Waals surface area contributed by atoms with Crippen molar-refractivity contribution in [2.75, 3.05) is 45.3 Å². The number of hydrogen-bond donors (Lipinski definition) is 1. The van der Waals surface area contributed by atoms with E-state index >= 15 is 0 Å². The first kappa shape index (κ1) is 36.0. The van der Waals surface area contributed by atoms with Gasteiger partial charge in [0.1, 0.15) is 24.1 Å². The van der Waals surface area contributed by atoms with Crippen LogP contribution in [-0.4, -0.2) is 72.2 Å². The highest BCUT2D eigenvalue weighted by Gasteiger charge is 2.34. The Balaban J connectivity index is 2.10. The lowest BCUT2D eigenvalue weighted by Crippen LogP contribution is -2.52. The molecule has 250 valence electrons. The molecule has 0 aromatic heterocycles. The Hall–Kier alpha value is -4.45. The molecular formula is C34H45N3O8S. The number of methoxy groups -OCH3 is 3. The molecule has 1 atom stereocenters. The number of rotatable bonds is 17. The van der Waals surface area contributed by atoms with Gasteiger partial charge in [0.25, 0.3) is 10.0 Å². The summed E-state index contributed by atoms with van der Waals surface area (Å²) < 4.78 is 51.1. The molecule has 11 nitrogen and oxygen atoms in total. The number of benzene rings is 3. The number of anilines is 1. The molecule has 0 aliphatic carbocycles. The Morgan fingerprint density at radius 3 is 2.00 bits per heavy atom. The highest BCUT2D eigenvalue weighted by molar-refractivity contribution is 7.92. The maximum Gasteiger partial charge on any atom is 0.264 e. The second-order valence-corrected chi connectivity index (χ2v) is 12.8. The van der Waals surface area contributed by atoms with Crippen molar-refractivity contribution in [2.24, 2.45) is 5.92 Å². The molecule has 0 aliphatic heterocycles. The van der Waals surface area contributed by atoms with Crippen LogP contribution in [-0.2, 0) is 26.2 Å². The van der Waals surface area contributed by atoms with Crippen LogP contribution < -0.4 is 28.6 Å². The Labute approximate surface area is 272 Å². The summed E-state index contributed by atoms with van der Waals surface area (Å²) in [6, 6.07) is 17.0. The molecule has 3 aromatic rings. The van der Waals surface area contributed by atoms with Gasteiger partial charge in [-0.25, -0.2) is 8.42 Å². The Bertz CT molecular complexity index is 1540. The first-order chi connectivity index (χ1) is 22.0. The van der Waals surface area contributed by atoms with Crippen molar-refractivity contribution in [2.45, 2.75) is 51.6 Å².